The second-order valence-electron chi connectivity index (χ2n) is 7.25. The smallest absolute Gasteiger partial charge is 0.159 e. The number of fused-ring (bicyclic) bond motifs is 2. The van der Waals surface area contributed by atoms with Gasteiger partial charge in [-0.3, -0.25) is 4.90 Å². The number of hydrogen-bond donors (Lipinski definition) is 0. The summed E-state index contributed by atoms with van der Waals surface area (Å²) in [6, 6.07) is 10.8. The van der Waals surface area contributed by atoms with Crippen LogP contribution in [0.5, 0.6) is 0 Å². The standard InChI is InChI=1S/C20H23N3O2/c1-2-4-15(5-3-1)19-21-12-16-6-11-25-20(18(16)22-19)7-9-23(10-8-20)17-13-24-14-17/h1-5,12,17H,6-11,13-14H2. The van der Waals surface area contributed by atoms with Gasteiger partial charge in [0.1, 0.15) is 5.60 Å². The van der Waals surface area contributed by atoms with Crippen molar-refractivity contribution in [3.8, 4) is 11.4 Å². The van der Waals surface area contributed by atoms with Crippen LogP contribution in [0.4, 0.5) is 0 Å². The topological polar surface area (TPSA) is 47.5 Å². The molecule has 0 radical (unpaired) electrons. The predicted octanol–water partition coefficient (Wildman–Crippen LogP) is 2.41. The quantitative estimate of drug-likeness (QED) is 0.842. The summed E-state index contributed by atoms with van der Waals surface area (Å²) < 4.78 is 11.7. The van der Waals surface area contributed by atoms with E-state index in [-0.39, 0.29) is 5.60 Å². The van der Waals surface area contributed by atoms with E-state index in [1.54, 1.807) is 0 Å². The largest absolute Gasteiger partial charge is 0.378 e. The molecule has 0 aliphatic carbocycles. The maximum absolute atomic E-state index is 6.36. The van der Waals surface area contributed by atoms with E-state index in [4.69, 9.17) is 14.5 Å². The summed E-state index contributed by atoms with van der Waals surface area (Å²) in [6.45, 7) is 4.64. The Labute approximate surface area is 148 Å². The van der Waals surface area contributed by atoms with Gasteiger partial charge in [0.2, 0.25) is 0 Å². The van der Waals surface area contributed by atoms with Gasteiger partial charge in [0, 0.05) is 24.8 Å². The number of piperidine rings is 1. The molecule has 0 bridgehead atoms. The summed E-state index contributed by atoms with van der Waals surface area (Å²) in [7, 11) is 0. The molecule has 1 aromatic heterocycles. The Morgan fingerprint density at radius 2 is 1.88 bits per heavy atom. The van der Waals surface area contributed by atoms with Crippen LogP contribution in [-0.4, -0.2) is 53.8 Å². The van der Waals surface area contributed by atoms with Gasteiger partial charge in [-0.2, -0.15) is 0 Å². The van der Waals surface area contributed by atoms with E-state index in [1.807, 2.05) is 24.4 Å². The molecule has 25 heavy (non-hydrogen) atoms. The summed E-state index contributed by atoms with van der Waals surface area (Å²) >= 11 is 0. The Bertz CT molecular complexity index is 753. The molecule has 5 rings (SSSR count). The van der Waals surface area contributed by atoms with Crippen molar-refractivity contribution < 1.29 is 9.47 Å². The van der Waals surface area contributed by atoms with Crippen LogP contribution in [0.3, 0.4) is 0 Å². The molecule has 130 valence electrons. The highest BCUT2D eigenvalue weighted by Gasteiger charge is 2.44. The summed E-state index contributed by atoms with van der Waals surface area (Å²) in [5.41, 5.74) is 3.21. The molecule has 0 saturated carbocycles. The number of rotatable bonds is 2. The normalized spacial score (nSPS) is 23.2. The van der Waals surface area contributed by atoms with Crippen molar-refractivity contribution in [2.24, 2.45) is 0 Å². The molecule has 4 heterocycles. The first-order valence-electron chi connectivity index (χ1n) is 9.22. The minimum atomic E-state index is -0.235. The Morgan fingerprint density at radius 3 is 2.60 bits per heavy atom. The molecule has 5 nitrogen and oxygen atoms in total. The highest BCUT2D eigenvalue weighted by molar-refractivity contribution is 5.55. The van der Waals surface area contributed by atoms with Crippen molar-refractivity contribution >= 4 is 0 Å². The average Bonchev–Trinajstić information content (AvgIpc) is 2.63. The van der Waals surface area contributed by atoms with E-state index < -0.39 is 0 Å². The van der Waals surface area contributed by atoms with Crippen LogP contribution in [0.25, 0.3) is 11.4 Å². The molecule has 1 aromatic carbocycles. The van der Waals surface area contributed by atoms with E-state index in [1.165, 1.54) is 5.56 Å². The van der Waals surface area contributed by atoms with Crippen LogP contribution in [0, 0.1) is 0 Å². The highest BCUT2D eigenvalue weighted by Crippen LogP contribution is 2.41. The third-order valence-corrected chi connectivity index (χ3v) is 5.82. The maximum atomic E-state index is 6.36. The first-order chi connectivity index (χ1) is 12.3. The average molecular weight is 337 g/mol. The number of hydrogen-bond acceptors (Lipinski definition) is 5. The molecule has 0 N–H and O–H groups in total. The van der Waals surface area contributed by atoms with Crippen LogP contribution in [0.15, 0.2) is 36.5 Å². The van der Waals surface area contributed by atoms with E-state index >= 15 is 0 Å². The molecular weight excluding hydrogens is 314 g/mol. The van der Waals surface area contributed by atoms with Gasteiger partial charge < -0.3 is 9.47 Å². The van der Waals surface area contributed by atoms with Crippen molar-refractivity contribution in [2.75, 3.05) is 32.9 Å². The molecule has 0 atom stereocenters. The molecule has 2 saturated heterocycles. The summed E-state index contributed by atoms with van der Waals surface area (Å²) in [4.78, 5) is 12.1. The van der Waals surface area contributed by atoms with Gasteiger partial charge >= 0.3 is 0 Å². The molecule has 5 heteroatoms. The number of likely N-dealkylation sites (tertiary alicyclic amines) is 1. The Hall–Kier alpha value is -1.82. The summed E-state index contributed by atoms with van der Waals surface area (Å²) in [6.07, 6.45) is 4.93. The second kappa shape index (κ2) is 6.16. The number of nitrogens with zero attached hydrogens (tertiary/aromatic N) is 3. The molecular formula is C20H23N3O2. The molecule has 2 fully saturated rings. The van der Waals surface area contributed by atoms with E-state index in [2.05, 4.69) is 22.0 Å². The number of ether oxygens (including phenoxy) is 2. The van der Waals surface area contributed by atoms with Gasteiger partial charge in [-0.25, -0.2) is 9.97 Å². The Morgan fingerprint density at radius 1 is 1.08 bits per heavy atom. The third-order valence-electron chi connectivity index (χ3n) is 5.82. The molecule has 1 spiro atoms. The van der Waals surface area contributed by atoms with Gasteiger partial charge in [-0.1, -0.05) is 30.3 Å². The van der Waals surface area contributed by atoms with Gasteiger partial charge in [0.05, 0.1) is 31.6 Å². The van der Waals surface area contributed by atoms with Crippen molar-refractivity contribution in [1.29, 1.82) is 0 Å². The number of aromatic nitrogens is 2. The van der Waals surface area contributed by atoms with Crippen LogP contribution in [0.1, 0.15) is 24.1 Å². The first-order valence-corrected chi connectivity index (χ1v) is 9.22. The fourth-order valence-corrected chi connectivity index (χ4v) is 4.20. The monoisotopic (exact) mass is 337 g/mol. The van der Waals surface area contributed by atoms with E-state index in [0.29, 0.717) is 6.04 Å². The molecule has 2 aromatic rings. The fraction of sp³-hybridized carbons (Fsp3) is 0.500. The predicted molar refractivity (Wildman–Crippen MR) is 94.2 cm³/mol. The van der Waals surface area contributed by atoms with Gasteiger partial charge in [-0.05, 0) is 24.8 Å². The minimum absolute atomic E-state index is 0.235. The lowest BCUT2D eigenvalue weighted by Crippen LogP contribution is -2.55. The summed E-state index contributed by atoms with van der Waals surface area (Å²) in [5.74, 6) is 0.805. The number of benzene rings is 1. The van der Waals surface area contributed by atoms with Gasteiger partial charge in [0.25, 0.3) is 0 Å². The van der Waals surface area contributed by atoms with Crippen LogP contribution in [0.2, 0.25) is 0 Å². The van der Waals surface area contributed by atoms with Crippen LogP contribution < -0.4 is 0 Å². The molecule has 3 aliphatic heterocycles. The highest BCUT2D eigenvalue weighted by atomic mass is 16.5. The molecule has 0 amide bonds. The zero-order chi connectivity index (χ0) is 16.7. The third kappa shape index (κ3) is 2.67. The minimum Gasteiger partial charge on any atom is -0.378 e. The van der Waals surface area contributed by atoms with Gasteiger partial charge in [-0.15, -0.1) is 0 Å². The first kappa shape index (κ1) is 15.4. The SMILES string of the molecule is c1ccc(-c2ncc3c(n2)C2(CCN(C4COC4)CC2)OCC3)cc1. The maximum Gasteiger partial charge on any atom is 0.159 e. The zero-order valence-electron chi connectivity index (χ0n) is 14.4. The lowest BCUT2D eigenvalue weighted by atomic mass is 9.82. The Balaban J connectivity index is 1.46. The molecule has 0 unspecified atom stereocenters. The fourth-order valence-electron chi connectivity index (χ4n) is 4.20. The zero-order valence-corrected chi connectivity index (χ0v) is 14.4. The Kier molecular flexibility index (Phi) is 3.81. The molecule has 3 aliphatic rings. The van der Waals surface area contributed by atoms with E-state index in [9.17, 15) is 0 Å². The lowest BCUT2D eigenvalue weighted by molar-refractivity contribution is -0.131. The van der Waals surface area contributed by atoms with Crippen molar-refractivity contribution in [3.05, 3.63) is 47.8 Å². The van der Waals surface area contributed by atoms with Crippen molar-refractivity contribution in [2.45, 2.75) is 30.9 Å². The van der Waals surface area contributed by atoms with E-state index in [0.717, 1.165) is 69.3 Å². The van der Waals surface area contributed by atoms with Crippen molar-refractivity contribution in [1.82, 2.24) is 14.9 Å². The van der Waals surface area contributed by atoms with Crippen molar-refractivity contribution in [3.63, 3.8) is 0 Å². The van der Waals surface area contributed by atoms with Gasteiger partial charge in [0.15, 0.2) is 5.82 Å². The lowest BCUT2D eigenvalue weighted by Gasteiger charge is -2.47. The second-order valence-corrected chi connectivity index (χ2v) is 7.25. The van der Waals surface area contributed by atoms with Crippen LogP contribution >= 0.6 is 0 Å². The van der Waals surface area contributed by atoms with Crippen LogP contribution in [-0.2, 0) is 21.5 Å². The summed E-state index contributed by atoms with van der Waals surface area (Å²) in [5, 5.41) is 0.